The first-order chi connectivity index (χ1) is 23.8. The number of benzene rings is 9. The summed E-state index contributed by atoms with van der Waals surface area (Å²) in [6, 6.07) is 56.7. The van der Waals surface area contributed by atoms with Gasteiger partial charge in [0, 0.05) is 32.7 Å². The van der Waals surface area contributed by atoms with Crippen molar-refractivity contribution in [3.05, 3.63) is 158 Å². The van der Waals surface area contributed by atoms with E-state index in [9.17, 15) is 0 Å². The molecule has 0 saturated carbocycles. The van der Waals surface area contributed by atoms with E-state index in [2.05, 4.69) is 146 Å². The predicted octanol–water partition coefficient (Wildman–Crippen LogP) is 13.4. The molecular weight excluding hydrogens is 585 g/mol. The van der Waals surface area contributed by atoms with Gasteiger partial charge in [-0.3, -0.25) is 0 Å². The third-order valence-electron chi connectivity index (χ3n) is 10.2. The summed E-state index contributed by atoms with van der Waals surface area (Å²) in [6.07, 6.45) is 0. The van der Waals surface area contributed by atoms with Gasteiger partial charge in [-0.15, -0.1) is 0 Å². The molecule has 2 aromatic heterocycles. The van der Waals surface area contributed by atoms with Gasteiger partial charge in [0.1, 0.15) is 22.3 Å². The van der Waals surface area contributed by atoms with Crippen molar-refractivity contribution in [1.82, 2.24) is 0 Å². The predicted molar refractivity (Wildman–Crippen MR) is 202 cm³/mol. The smallest absolute Gasteiger partial charge is 0.143 e. The minimum absolute atomic E-state index is 0.865. The van der Waals surface area contributed by atoms with Crippen molar-refractivity contribution in [2.45, 2.75) is 0 Å². The van der Waals surface area contributed by atoms with E-state index in [1.807, 2.05) is 12.1 Å². The summed E-state index contributed by atoms with van der Waals surface area (Å²) in [4.78, 5) is 0. The molecule has 0 fully saturated rings. The van der Waals surface area contributed by atoms with E-state index < -0.39 is 0 Å². The normalized spacial score (nSPS) is 12.2. The zero-order chi connectivity index (χ0) is 31.3. The number of furan rings is 2. The summed E-state index contributed by atoms with van der Waals surface area (Å²) in [5.41, 5.74) is 8.31. The van der Waals surface area contributed by atoms with Gasteiger partial charge < -0.3 is 8.83 Å². The Morgan fingerprint density at radius 2 is 0.771 bits per heavy atom. The van der Waals surface area contributed by atoms with Crippen LogP contribution in [0.2, 0.25) is 0 Å². The highest BCUT2D eigenvalue weighted by molar-refractivity contribution is 6.27. The minimum atomic E-state index is 0.865. The second kappa shape index (κ2) is 9.57. The molecule has 9 aromatic carbocycles. The Kier molecular flexibility index (Phi) is 5.14. The Morgan fingerprint density at radius 1 is 0.271 bits per heavy atom. The van der Waals surface area contributed by atoms with E-state index >= 15 is 0 Å². The van der Waals surface area contributed by atoms with Gasteiger partial charge in [-0.1, -0.05) is 133 Å². The molecule has 0 spiro atoms. The van der Waals surface area contributed by atoms with E-state index in [1.54, 1.807) is 0 Å². The lowest BCUT2D eigenvalue weighted by molar-refractivity contribution is 0.664. The van der Waals surface area contributed by atoms with Gasteiger partial charge in [0.25, 0.3) is 0 Å². The highest BCUT2D eigenvalue weighted by atomic mass is 16.3. The molecule has 0 radical (unpaired) electrons. The van der Waals surface area contributed by atoms with Crippen molar-refractivity contribution in [2.75, 3.05) is 0 Å². The lowest BCUT2D eigenvalue weighted by atomic mass is 9.83. The van der Waals surface area contributed by atoms with Crippen LogP contribution >= 0.6 is 0 Å². The maximum absolute atomic E-state index is 6.84. The molecule has 0 aliphatic heterocycles. The fraction of sp³-hybridized carbons (Fsp3) is 0. The molecule has 0 amide bonds. The van der Waals surface area contributed by atoms with Gasteiger partial charge >= 0.3 is 0 Å². The Hall–Kier alpha value is -6.38. The van der Waals surface area contributed by atoms with Crippen LogP contribution in [0.4, 0.5) is 0 Å². The van der Waals surface area contributed by atoms with Gasteiger partial charge in [-0.25, -0.2) is 0 Å². The van der Waals surface area contributed by atoms with E-state index in [1.165, 1.54) is 59.8 Å². The standard InChI is InChI=1S/C46H26O2/c1-2-13-28-27(12-1)24-40(30-15-4-3-14-29(28)30)45-34-19-7-5-17-32(34)44(33-18-6-8-20-35(33)45)37-22-11-21-36-39-26-42-38(25-43(39)48-46(36)37)31-16-9-10-23-41(31)47-42/h1-26H. The summed E-state index contributed by atoms with van der Waals surface area (Å²) >= 11 is 0. The molecule has 0 aliphatic rings. The Balaban J connectivity index is 1.26. The van der Waals surface area contributed by atoms with Crippen molar-refractivity contribution in [1.29, 1.82) is 0 Å². The molecule has 0 saturated heterocycles. The van der Waals surface area contributed by atoms with Gasteiger partial charge in [0.2, 0.25) is 0 Å². The zero-order valence-electron chi connectivity index (χ0n) is 25.8. The average molecular weight is 611 g/mol. The van der Waals surface area contributed by atoms with Crippen molar-refractivity contribution in [3.63, 3.8) is 0 Å². The van der Waals surface area contributed by atoms with Gasteiger partial charge in [-0.2, -0.15) is 0 Å². The van der Waals surface area contributed by atoms with E-state index in [0.717, 1.165) is 49.4 Å². The van der Waals surface area contributed by atoms with E-state index in [4.69, 9.17) is 8.83 Å². The summed E-state index contributed by atoms with van der Waals surface area (Å²) in [5.74, 6) is 0. The van der Waals surface area contributed by atoms with Crippen LogP contribution in [-0.2, 0) is 0 Å². The van der Waals surface area contributed by atoms with Gasteiger partial charge in [0.15, 0.2) is 0 Å². The van der Waals surface area contributed by atoms with Gasteiger partial charge in [-0.05, 0) is 78.5 Å². The molecule has 2 heteroatoms. The molecule has 2 heterocycles. The van der Waals surface area contributed by atoms with Crippen LogP contribution in [0.3, 0.4) is 0 Å². The second-order valence-electron chi connectivity index (χ2n) is 12.8. The van der Waals surface area contributed by atoms with Crippen LogP contribution < -0.4 is 0 Å². The van der Waals surface area contributed by atoms with Crippen molar-refractivity contribution in [2.24, 2.45) is 0 Å². The average Bonchev–Trinajstić information content (AvgIpc) is 3.70. The SMILES string of the molecule is c1ccc2c(c1)cc(-c1c3ccccc3c(-c3cccc4c3oc3cc5c(cc34)oc3ccccc35)c3ccccc13)c1ccccc12. The highest BCUT2D eigenvalue weighted by Crippen LogP contribution is 2.48. The van der Waals surface area contributed by atoms with Crippen molar-refractivity contribution >= 4 is 87.0 Å². The molecule has 48 heavy (non-hydrogen) atoms. The first-order valence-electron chi connectivity index (χ1n) is 16.4. The van der Waals surface area contributed by atoms with Crippen LogP contribution in [-0.4, -0.2) is 0 Å². The Labute approximate surface area is 275 Å². The maximum Gasteiger partial charge on any atom is 0.143 e. The summed E-state index contributed by atoms with van der Waals surface area (Å²) in [6.45, 7) is 0. The molecule has 0 N–H and O–H groups in total. The fourth-order valence-corrected chi connectivity index (χ4v) is 8.18. The first-order valence-corrected chi connectivity index (χ1v) is 16.4. The second-order valence-corrected chi connectivity index (χ2v) is 12.8. The summed E-state index contributed by atoms with van der Waals surface area (Å²) < 4.78 is 13.1. The summed E-state index contributed by atoms with van der Waals surface area (Å²) in [5, 5.41) is 14.2. The van der Waals surface area contributed by atoms with Crippen molar-refractivity contribution < 1.29 is 8.83 Å². The lowest BCUT2D eigenvalue weighted by Gasteiger charge is -2.19. The molecule has 0 unspecified atom stereocenters. The van der Waals surface area contributed by atoms with Crippen LogP contribution in [0.25, 0.3) is 109 Å². The molecule has 222 valence electrons. The number of rotatable bonds is 2. The van der Waals surface area contributed by atoms with Crippen LogP contribution in [0, 0.1) is 0 Å². The molecular formula is C46H26O2. The third-order valence-corrected chi connectivity index (χ3v) is 10.2. The molecule has 0 bridgehead atoms. The van der Waals surface area contributed by atoms with Crippen LogP contribution in [0.15, 0.2) is 167 Å². The molecule has 2 nitrogen and oxygen atoms in total. The Morgan fingerprint density at radius 3 is 1.48 bits per heavy atom. The highest BCUT2D eigenvalue weighted by Gasteiger charge is 2.22. The van der Waals surface area contributed by atoms with Crippen LogP contribution in [0.1, 0.15) is 0 Å². The third kappa shape index (κ3) is 3.46. The fourth-order valence-electron chi connectivity index (χ4n) is 8.18. The lowest BCUT2D eigenvalue weighted by Crippen LogP contribution is -1.92. The van der Waals surface area contributed by atoms with E-state index in [-0.39, 0.29) is 0 Å². The van der Waals surface area contributed by atoms with Crippen LogP contribution in [0.5, 0.6) is 0 Å². The largest absolute Gasteiger partial charge is 0.456 e. The monoisotopic (exact) mass is 610 g/mol. The topological polar surface area (TPSA) is 26.3 Å². The maximum atomic E-state index is 6.84. The molecule has 0 atom stereocenters. The van der Waals surface area contributed by atoms with Gasteiger partial charge in [0.05, 0.1) is 0 Å². The number of para-hydroxylation sites is 2. The quantitative estimate of drug-likeness (QED) is 0.144. The molecule has 11 rings (SSSR count). The summed E-state index contributed by atoms with van der Waals surface area (Å²) in [7, 11) is 0. The molecule has 11 aromatic rings. The van der Waals surface area contributed by atoms with Crippen molar-refractivity contribution in [3.8, 4) is 22.3 Å². The number of fused-ring (bicyclic) bond motifs is 11. The number of hydrogen-bond donors (Lipinski definition) is 0. The molecule has 0 aliphatic carbocycles. The Bertz CT molecular complexity index is 3060. The first kappa shape index (κ1) is 25.8. The zero-order valence-corrected chi connectivity index (χ0v) is 25.8. The number of hydrogen-bond acceptors (Lipinski definition) is 2. The van der Waals surface area contributed by atoms with E-state index in [0.29, 0.717) is 0 Å². The minimum Gasteiger partial charge on any atom is -0.456 e.